The molecule has 0 aliphatic rings. The Morgan fingerprint density at radius 2 is 2.30 bits per heavy atom. The molecule has 0 bridgehead atoms. The standard InChI is InChI=1S/C14H11ClN4S/c15-6-13-18-14-10(7-16)2-1-3-12(14)19(13)5-4-11-8-20-9-17-11/h1-3,8-9H,4-6H2. The predicted molar refractivity (Wildman–Crippen MR) is 79.8 cm³/mol. The molecule has 0 aliphatic heterocycles. The molecule has 1 aromatic carbocycles. The molecule has 6 heteroatoms. The van der Waals surface area contributed by atoms with Gasteiger partial charge in [-0.2, -0.15) is 5.26 Å². The molecule has 0 aliphatic carbocycles. The van der Waals surface area contributed by atoms with E-state index in [4.69, 9.17) is 16.9 Å². The number of halogens is 1. The Morgan fingerprint density at radius 1 is 1.40 bits per heavy atom. The quantitative estimate of drug-likeness (QED) is 0.695. The van der Waals surface area contributed by atoms with Crippen molar-refractivity contribution >= 4 is 34.0 Å². The van der Waals surface area contributed by atoms with Gasteiger partial charge in [0.1, 0.15) is 17.4 Å². The number of alkyl halides is 1. The number of rotatable bonds is 4. The van der Waals surface area contributed by atoms with Crippen LogP contribution in [-0.4, -0.2) is 14.5 Å². The molecular weight excluding hydrogens is 292 g/mol. The zero-order valence-electron chi connectivity index (χ0n) is 10.6. The summed E-state index contributed by atoms with van der Waals surface area (Å²) < 4.78 is 2.07. The van der Waals surface area contributed by atoms with E-state index in [-0.39, 0.29) is 0 Å². The van der Waals surface area contributed by atoms with Crippen LogP contribution in [0.5, 0.6) is 0 Å². The van der Waals surface area contributed by atoms with Crippen molar-refractivity contribution in [3.8, 4) is 6.07 Å². The summed E-state index contributed by atoms with van der Waals surface area (Å²) in [7, 11) is 0. The van der Waals surface area contributed by atoms with E-state index in [1.54, 1.807) is 17.4 Å². The second-order valence-electron chi connectivity index (χ2n) is 4.33. The van der Waals surface area contributed by atoms with Gasteiger partial charge in [0.05, 0.1) is 28.2 Å². The fourth-order valence-electron chi connectivity index (χ4n) is 2.22. The highest BCUT2D eigenvalue weighted by molar-refractivity contribution is 7.07. The van der Waals surface area contributed by atoms with Gasteiger partial charge < -0.3 is 4.57 Å². The van der Waals surface area contributed by atoms with Crippen LogP contribution in [0.1, 0.15) is 17.1 Å². The second-order valence-corrected chi connectivity index (χ2v) is 5.31. The third kappa shape index (κ3) is 2.28. The zero-order valence-corrected chi connectivity index (χ0v) is 12.2. The normalized spacial score (nSPS) is 10.8. The number of fused-ring (bicyclic) bond motifs is 1. The van der Waals surface area contributed by atoms with Crippen molar-refractivity contribution in [3.05, 3.63) is 46.2 Å². The lowest BCUT2D eigenvalue weighted by Gasteiger charge is -2.06. The topological polar surface area (TPSA) is 54.5 Å². The van der Waals surface area contributed by atoms with Gasteiger partial charge in [-0.3, -0.25) is 0 Å². The SMILES string of the molecule is N#Cc1cccc2c1nc(CCl)n2CCc1cscn1. The minimum absolute atomic E-state index is 0.330. The van der Waals surface area contributed by atoms with E-state index >= 15 is 0 Å². The Morgan fingerprint density at radius 3 is 3.00 bits per heavy atom. The van der Waals surface area contributed by atoms with E-state index in [2.05, 4.69) is 20.6 Å². The smallest absolute Gasteiger partial charge is 0.124 e. The van der Waals surface area contributed by atoms with Crippen LogP contribution in [0.25, 0.3) is 11.0 Å². The monoisotopic (exact) mass is 302 g/mol. The van der Waals surface area contributed by atoms with Gasteiger partial charge in [0, 0.05) is 18.3 Å². The number of nitriles is 1. The summed E-state index contributed by atoms with van der Waals surface area (Å²) in [5.41, 5.74) is 5.16. The Kier molecular flexibility index (Phi) is 3.68. The van der Waals surface area contributed by atoms with Crippen molar-refractivity contribution in [3.63, 3.8) is 0 Å². The maximum Gasteiger partial charge on any atom is 0.124 e. The van der Waals surface area contributed by atoms with Gasteiger partial charge in [-0.05, 0) is 12.1 Å². The van der Waals surface area contributed by atoms with E-state index in [0.717, 1.165) is 35.5 Å². The fraction of sp³-hybridized carbons (Fsp3) is 0.214. The Hall–Kier alpha value is -1.90. The highest BCUT2D eigenvalue weighted by atomic mass is 35.5. The van der Waals surface area contributed by atoms with Crippen molar-refractivity contribution in [2.45, 2.75) is 18.8 Å². The summed E-state index contributed by atoms with van der Waals surface area (Å²) in [5, 5.41) is 11.2. The van der Waals surface area contributed by atoms with Crippen molar-refractivity contribution in [1.29, 1.82) is 5.26 Å². The summed E-state index contributed by atoms with van der Waals surface area (Å²) in [6.07, 6.45) is 0.829. The number of hydrogen-bond acceptors (Lipinski definition) is 4. The molecule has 0 N–H and O–H groups in total. The van der Waals surface area contributed by atoms with Crippen LogP contribution in [0, 0.1) is 11.3 Å². The van der Waals surface area contributed by atoms with Crippen LogP contribution in [-0.2, 0) is 18.8 Å². The predicted octanol–water partition coefficient (Wildman–Crippen LogP) is 3.35. The summed E-state index contributed by atoms with van der Waals surface area (Å²) in [5.74, 6) is 1.12. The van der Waals surface area contributed by atoms with Crippen LogP contribution in [0.4, 0.5) is 0 Å². The van der Waals surface area contributed by atoms with E-state index < -0.39 is 0 Å². The molecular formula is C14H11ClN4S. The van der Waals surface area contributed by atoms with Gasteiger partial charge in [-0.25, -0.2) is 9.97 Å². The number of nitrogens with zero attached hydrogens (tertiary/aromatic N) is 4. The molecule has 0 unspecified atom stereocenters. The minimum Gasteiger partial charge on any atom is -0.327 e. The summed E-state index contributed by atoms with van der Waals surface area (Å²) >= 11 is 7.57. The first-order valence-corrected chi connectivity index (χ1v) is 7.62. The second kappa shape index (κ2) is 5.61. The number of para-hydroxylation sites is 1. The molecule has 2 aromatic heterocycles. The average molecular weight is 303 g/mol. The van der Waals surface area contributed by atoms with Crippen molar-refractivity contribution in [1.82, 2.24) is 14.5 Å². The summed E-state index contributed by atoms with van der Waals surface area (Å²) in [6, 6.07) is 7.80. The Bertz CT molecular complexity index is 770. The maximum atomic E-state index is 9.15. The number of hydrogen-bond donors (Lipinski definition) is 0. The van der Waals surface area contributed by atoms with E-state index in [0.29, 0.717) is 11.4 Å². The molecule has 20 heavy (non-hydrogen) atoms. The van der Waals surface area contributed by atoms with E-state index in [1.807, 2.05) is 23.0 Å². The fourth-order valence-corrected chi connectivity index (χ4v) is 3.02. The molecule has 0 amide bonds. The lowest BCUT2D eigenvalue weighted by atomic mass is 10.2. The molecule has 4 nitrogen and oxygen atoms in total. The van der Waals surface area contributed by atoms with Crippen LogP contribution in [0.3, 0.4) is 0 Å². The largest absolute Gasteiger partial charge is 0.327 e. The number of aromatic nitrogens is 3. The molecule has 2 heterocycles. The molecule has 0 atom stereocenters. The third-order valence-electron chi connectivity index (χ3n) is 3.17. The molecule has 3 aromatic rings. The van der Waals surface area contributed by atoms with Gasteiger partial charge in [0.15, 0.2) is 0 Å². The lowest BCUT2D eigenvalue weighted by Crippen LogP contribution is -2.05. The molecule has 100 valence electrons. The highest BCUT2D eigenvalue weighted by Gasteiger charge is 2.12. The first kappa shape index (κ1) is 13.1. The van der Waals surface area contributed by atoms with Gasteiger partial charge in [0.25, 0.3) is 0 Å². The highest BCUT2D eigenvalue weighted by Crippen LogP contribution is 2.21. The molecule has 0 spiro atoms. The average Bonchev–Trinajstić information content (AvgIpc) is 3.11. The molecule has 0 saturated heterocycles. The van der Waals surface area contributed by atoms with Crippen LogP contribution in [0.15, 0.2) is 29.1 Å². The first-order chi connectivity index (χ1) is 9.83. The van der Waals surface area contributed by atoms with Gasteiger partial charge in [0.2, 0.25) is 0 Å². The van der Waals surface area contributed by atoms with Gasteiger partial charge in [-0.1, -0.05) is 6.07 Å². The first-order valence-electron chi connectivity index (χ1n) is 6.14. The van der Waals surface area contributed by atoms with Crippen LogP contribution >= 0.6 is 22.9 Å². The van der Waals surface area contributed by atoms with Crippen molar-refractivity contribution in [2.75, 3.05) is 0 Å². The number of benzene rings is 1. The molecule has 3 rings (SSSR count). The third-order valence-corrected chi connectivity index (χ3v) is 4.05. The number of aryl methyl sites for hydroxylation is 2. The molecule has 0 saturated carbocycles. The summed E-state index contributed by atoms with van der Waals surface area (Å²) in [4.78, 5) is 8.78. The number of imidazole rings is 1. The van der Waals surface area contributed by atoms with Crippen LogP contribution in [0.2, 0.25) is 0 Å². The zero-order chi connectivity index (χ0) is 13.9. The summed E-state index contributed by atoms with van der Waals surface area (Å²) in [6.45, 7) is 0.761. The Labute approximate surface area is 125 Å². The van der Waals surface area contributed by atoms with Gasteiger partial charge >= 0.3 is 0 Å². The maximum absolute atomic E-state index is 9.15. The van der Waals surface area contributed by atoms with Crippen molar-refractivity contribution < 1.29 is 0 Å². The number of thiazole rings is 1. The van der Waals surface area contributed by atoms with Crippen molar-refractivity contribution in [2.24, 2.45) is 0 Å². The molecule has 0 fully saturated rings. The molecule has 0 radical (unpaired) electrons. The van der Waals surface area contributed by atoms with E-state index in [9.17, 15) is 0 Å². The van der Waals surface area contributed by atoms with E-state index in [1.165, 1.54) is 0 Å². The lowest BCUT2D eigenvalue weighted by molar-refractivity contribution is 0.680. The minimum atomic E-state index is 0.330. The Balaban J connectivity index is 2.02. The van der Waals surface area contributed by atoms with Crippen LogP contribution < -0.4 is 0 Å². The van der Waals surface area contributed by atoms with Gasteiger partial charge in [-0.15, -0.1) is 22.9 Å².